The largest absolute Gasteiger partial charge is 0.472 e. The van der Waals surface area contributed by atoms with Gasteiger partial charge in [-0.3, -0.25) is 37.3 Å². The average molecular weight is 1450 g/mol. The van der Waals surface area contributed by atoms with E-state index in [0.717, 1.165) is 95.8 Å². The van der Waals surface area contributed by atoms with Crippen molar-refractivity contribution in [3.8, 4) is 0 Å². The number of carbonyl (C=O) groups is 4. The Hall–Kier alpha value is -1.94. The second-order valence-corrected chi connectivity index (χ2v) is 32.2. The monoisotopic (exact) mass is 1450 g/mol. The number of rotatable bonds is 80. The summed E-state index contributed by atoms with van der Waals surface area (Å²) in [5, 5.41) is 10.6. The van der Waals surface area contributed by atoms with E-state index in [1.165, 1.54) is 250 Å². The van der Waals surface area contributed by atoms with Gasteiger partial charge in [-0.05, 0) is 31.6 Å². The lowest BCUT2D eigenvalue weighted by molar-refractivity contribution is -0.161. The molecule has 0 amide bonds. The second kappa shape index (κ2) is 73.0. The Morgan fingerprint density at radius 3 is 0.687 bits per heavy atom. The number of esters is 4. The lowest BCUT2D eigenvalue weighted by Gasteiger charge is -2.21. The molecular weight excluding hydrogens is 1290 g/mol. The number of phosphoric ester groups is 2. The van der Waals surface area contributed by atoms with Crippen molar-refractivity contribution < 1.29 is 80.2 Å². The number of ether oxygens (including phenoxy) is 4. The van der Waals surface area contributed by atoms with Crippen molar-refractivity contribution in [3.05, 3.63) is 0 Å². The van der Waals surface area contributed by atoms with E-state index in [4.69, 9.17) is 37.0 Å². The topological polar surface area (TPSA) is 237 Å². The van der Waals surface area contributed by atoms with Crippen LogP contribution < -0.4 is 0 Å². The Morgan fingerprint density at radius 1 is 0.273 bits per heavy atom. The summed E-state index contributed by atoms with van der Waals surface area (Å²) in [4.78, 5) is 72.9. The molecule has 19 heteroatoms. The van der Waals surface area contributed by atoms with E-state index in [-0.39, 0.29) is 25.7 Å². The molecule has 0 rings (SSSR count). The number of phosphoric acid groups is 2. The Kier molecular flexibility index (Phi) is 71.6. The maximum atomic E-state index is 13.1. The summed E-state index contributed by atoms with van der Waals surface area (Å²) in [5.74, 6) is -1.30. The van der Waals surface area contributed by atoms with Gasteiger partial charge in [0.15, 0.2) is 12.2 Å². The zero-order valence-corrected chi connectivity index (χ0v) is 66.4. The van der Waals surface area contributed by atoms with E-state index in [1.807, 2.05) is 0 Å². The third-order valence-corrected chi connectivity index (χ3v) is 20.7. The highest BCUT2D eigenvalue weighted by Crippen LogP contribution is 2.45. The molecule has 99 heavy (non-hydrogen) atoms. The van der Waals surface area contributed by atoms with Gasteiger partial charge in [0.25, 0.3) is 0 Å². The molecule has 17 nitrogen and oxygen atoms in total. The number of aliphatic hydroxyl groups excluding tert-OH is 1. The van der Waals surface area contributed by atoms with Gasteiger partial charge in [0.1, 0.15) is 19.3 Å². The van der Waals surface area contributed by atoms with Crippen LogP contribution in [-0.4, -0.2) is 96.7 Å². The first-order valence-electron chi connectivity index (χ1n) is 41.6. The highest BCUT2D eigenvalue weighted by molar-refractivity contribution is 7.47. The van der Waals surface area contributed by atoms with Crippen molar-refractivity contribution in [1.29, 1.82) is 0 Å². The summed E-state index contributed by atoms with van der Waals surface area (Å²) < 4.78 is 68.6. The van der Waals surface area contributed by atoms with Crippen LogP contribution in [0.5, 0.6) is 0 Å². The van der Waals surface area contributed by atoms with Gasteiger partial charge in [0.2, 0.25) is 0 Å². The lowest BCUT2D eigenvalue weighted by Crippen LogP contribution is -2.30. The Bertz CT molecular complexity index is 1890. The van der Waals surface area contributed by atoms with Gasteiger partial charge in [-0.25, -0.2) is 9.13 Å². The summed E-state index contributed by atoms with van der Waals surface area (Å²) in [5.41, 5.74) is 0. The highest BCUT2D eigenvalue weighted by Gasteiger charge is 2.30. The maximum absolute atomic E-state index is 13.1. The first-order valence-corrected chi connectivity index (χ1v) is 44.6. The van der Waals surface area contributed by atoms with Gasteiger partial charge in [-0.15, -0.1) is 0 Å². The van der Waals surface area contributed by atoms with Gasteiger partial charge in [-0.1, -0.05) is 375 Å². The zero-order chi connectivity index (χ0) is 72.7. The Labute approximate surface area is 607 Å². The molecule has 0 fully saturated rings. The minimum Gasteiger partial charge on any atom is -0.462 e. The zero-order valence-electron chi connectivity index (χ0n) is 64.6. The quantitative estimate of drug-likeness (QED) is 0.0222. The van der Waals surface area contributed by atoms with Crippen LogP contribution in [0.3, 0.4) is 0 Å². The van der Waals surface area contributed by atoms with Gasteiger partial charge in [0.05, 0.1) is 26.4 Å². The number of hydrogen-bond acceptors (Lipinski definition) is 15. The second-order valence-electron chi connectivity index (χ2n) is 29.3. The van der Waals surface area contributed by atoms with E-state index in [0.29, 0.717) is 25.7 Å². The molecule has 3 N–H and O–H groups in total. The summed E-state index contributed by atoms with van der Waals surface area (Å²) in [6, 6.07) is 0. The number of aliphatic hydroxyl groups is 1. The van der Waals surface area contributed by atoms with Crippen molar-refractivity contribution in [2.24, 2.45) is 5.92 Å². The minimum atomic E-state index is -4.96. The van der Waals surface area contributed by atoms with Gasteiger partial charge in [-0.2, -0.15) is 0 Å². The predicted molar refractivity (Wildman–Crippen MR) is 405 cm³/mol. The molecule has 0 saturated carbocycles. The normalized spacial score (nSPS) is 13.9. The Morgan fingerprint density at radius 2 is 0.465 bits per heavy atom. The fourth-order valence-electron chi connectivity index (χ4n) is 12.4. The summed E-state index contributed by atoms with van der Waals surface area (Å²) in [6.07, 6.45) is 63.8. The first kappa shape index (κ1) is 97.1. The van der Waals surface area contributed by atoms with Crippen molar-refractivity contribution in [3.63, 3.8) is 0 Å². The SMILES string of the molecule is CCCCCCCCCCCCCCCCCCCCCCC(=O)O[C@H](COC(=O)CCCCCCCCCCCCCCCCCC(C)C)COP(=O)(O)OC[C@@H](O)COP(=O)(O)OC[C@@H](COC(=O)CCCCCCCCCCCC)OC(=O)CCCCCCCCCCCCC. The minimum absolute atomic E-state index is 0.107. The molecule has 0 bridgehead atoms. The predicted octanol–water partition coefficient (Wildman–Crippen LogP) is 24.0. The molecule has 0 aromatic carbocycles. The van der Waals surface area contributed by atoms with E-state index in [2.05, 4.69) is 34.6 Å². The number of carbonyl (C=O) groups excluding carboxylic acids is 4. The average Bonchev–Trinajstić information content (AvgIpc) is 1.14. The van der Waals surface area contributed by atoms with Crippen LogP contribution in [0.15, 0.2) is 0 Å². The number of unbranched alkanes of at least 4 members (excludes halogenated alkanes) is 52. The highest BCUT2D eigenvalue weighted by atomic mass is 31.2. The molecule has 0 heterocycles. The molecule has 0 saturated heterocycles. The summed E-state index contributed by atoms with van der Waals surface area (Å²) in [6.45, 7) is 7.34. The van der Waals surface area contributed by atoms with Crippen LogP contribution in [0, 0.1) is 5.92 Å². The van der Waals surface area contributed by atoms with Crippen molar-refractivity contribution in [2.45, 2.75) is 445 Å². The smallest absolute Gasteiger partial charge is 0.462 e. The van der Waals surface area contributed by atoms with Crippen LogP contribution in [0.1, 0.15) is 426 Å². The van der Waals surface area contributed by atoms with Crippen molar-refractivity contribution in [2.75, 3.05) is 39.6 Å². The Balaban J connectivity index is 5.20. The lowest BCUT2D eigenvalue weighted by atomic mass is 10.0. The van der Waals surface area contributed by atoms with Crippen LogP contribution in [0.4, 0.5) is 0 Å². The molecule has 0 aliphatic heterocycles. The molecule has 5 atom stereocenters. The fourth-order valence-corrected chi connectivity index (χ4v) is 14.0. The van der Waals surface area contributed by atoms with E-state index in [9.17, 15) is 43.2 Å². The number of hydrogen-bond donors (Lipinski definition) is 3. The molecular formula is C80H156O17P2. The third-order valence-electron chi connectivity index (χ3n) is 18.8. The molecule has 0 aromatic heterocycles. The van der Waals surface area contributed by atoms with Gasteiger partial charge in [0, 0.05) is 25.7 Å². The third kappa shape index (κ3) is 74.1. The van der Waals surface area contributed by atoms with Crippen molar-refractivity contribution in [1.82, 2.24) is 0 Å². The van der Waals surface area contributed by atoms with Crippen LogP contribution in [0.25, 0.3) is 0 Å². The molecule has 0 aliphatic rings. The fraction of sp³-hybridized carbons (Fsp3) is 0.950. The standard InChI is InChI=1S/C80H156O17P2/c1-6-9-12-15-18-21-24-25-26-27-28-29-30-33-37-41-46-51-56-61-66-80(85)97-76(70-91-78(83)64-59-54-49-44-40-36-34-31-32-35-39-42-47-52-57-62-73(4)5)72-95-99(88,89)93-68-74(81)67-92-98(86,87)94-71-75(69-90-77(82)63-58-53-48-43-23-20-17-14-11-8-3)96-79(84)65-60-55-50-45-38-22-19-16-13-10-7-2/h73-76,81H,6-72H2,1-5H3,(H,86,87)(H,88,89)/t74-,75+,76+/m0/s1. The molecule has 588 valence electrons. The molecule has 0 aliphatic carbocycles. The summed E-state index contributed by atoms with van der Waals surface area (Å²) >= 11 is 0. The van der Waals surface area contributed by atoms with Gasteiger partial charge < -0.3 is 33.8 Å². The molecule has 0 radical (unpaired) electrons. The molecule has 0 aromatic rings. The molecule has 2 unspecified atom stereocenters. The van der Waals surface area contributed by atoms with E-state index < -0.39 is 97.5 Å². The first-order chi connectivity index (χ1) is 48.0. The molecule has 0 spiro atoms. The maximum Gasteiger partial charge on any atom is 0.472 e. The van der Waals surface area contributed by atoms with Crippen LogP contribution in [0.2, 0.25) is 0 Å². The van der Waals surface area contributed by atoms with Gasteiger partial charge >= 0.3 is 39.5 Å². The van der Waals surface area contributed by atoms with Crippen LogP contribution in [-0.2, 0) is 65.4 Å². The van der Waals surface area contributed by atoms with Crippen molar-refractivity contribution >= 4 is 39.5 Å². The van der Waals surface area contributed by atoms with E-state index in [1.54, 1.807) is 0 Å². The summed E-state index contributed by atoms with van der Waals surface area (Å²) in [7, 11) is -9.91. The van der Waals surface area contributed by atoms with Crippen LogP contribution >= 0.6 is 15.6 Å². The van der Waals surface area contributed by atoms with E-state index >= 15 is 0 Å².